The topological polar surface area (TPSA) is 46.4 Å². The summed E-state index contributed by atoms with van der Waals surface area (Å²) >= 11 is 1.50. The van der Waals surface area contributed by atoms with Crippen molar-refractivity contribution in [1.82, 2.24) is 9.38 Å². The highest BCUT2D eigenvalue weighted by molar-refractivity contribution is 7.15. The number of hydrogen-bond acceptors (Lipinski definition) is 3. The molecule has 0 saturated heterocycles. The summed E-state index contributed by atoms with van der Waals surface area (Å²) in [6.07, 6.45) is 2.14. The molecule has 1 N–H and O–H groups in total. The van der Waals surface area contributed by atoms with E-state index in [-0.39, 0.29) is 18.1 Å². The molecule has 0 atom stereocenters. The lowest BCUT2D eigenvalue weighted by Gasteiger charge is -2.06. The van der Waals surface area contributed by atoms with E-state index in [1.807, 2.05) is 35.0 Å². The second-order valence-corrected chi connectivity index (χ2v) is 7.40. The molecule has 0 saturated carbocycles. The molecule has 4 nitrogen and oxygen atoms in total. The fourth-order valence-electron chi connectivity index (χ4n) is 2.86. The normalized spacial score (nSPS) is 11.1. The number of anilines is 1. The Labute approximate surface area is 160 Å². The number of hydrogen-bond donors (Lipinski definition) is 1. The number of imidazole rings is 1. The van der Waals surface area contributed by atoms with Crippen LogP contribution in [0.1, 0.15) is 16.8 Å². The number of aromatic nitrogens is 2. The number of aryl methyl sites for hydroxylation is 2. The highest BCUT2D eigenvalue weighted by atomic mass is 32.1. The van der Waals surface area contributed by atoms with Gasteiger partial charge in [-0.2, -0.15) is 0 Å². The molecule has 0 aliphatic rings. The van der Waals surface area contributed by atoms with E-state index >= 15 is 0 Å². The van der Waals surface area contributed by atoms with Crippen molar-refractivity contribution in [2.24, 2.45) is 0 Å². The Morgan fingerprint density at radius 2 is 1.96 bits per heavy atom. The summed E-state index contributed by atoms with van der Waals surface area (Å²) in [5, 5.41) is 4.68. The summed E-state index contributed by atoms with van der Waals surface area (Å²) in [5.41, 5.74) is 4.98. The number of amides is 1. The smallest absolute Gasteiger partial charge is 0.230 e. The van der Waals surface area contributed by atoms with Crippen molar-refractivity contribution in [1.29, 1.82) is 0 Å². The van der Waals surface area contributed by atoms with Crippen molar-refractivity contribution in [3.05, 3.63) is 76.7 Å². The summed E-state index contributed by atoms with van der Waals surface area (Å²) in [5.74, 6) is -0.522. The molecule has 4 rings (SSSR count). The first-order chi connectivity index (χ1) is 13.0. The van der Waals surface area contributed by atoms with Gasteiger partial charge >= 0.3 is 0 Å². The Kier molecular flexibility index (Phi) is 4.49. The molecule has 2 aromatic carbocycles. The first kappa shape index (κ1) is 17.4. The Hall–Kier alpha value is -2.99. The van der Waals surface area contributed by atoms with Gasteiger partial charge in [-0.1, -0.05) is 35.9 Å². The third kappa shape index (κ3) is 3.61. The van der Waals surface area contributed by atoms with Crippen molar-refractivity contribution in [3.8, 4) is 11.3 Å². The zero-order valence-corrected chi connectivity index (χ0v) is 15.8. The standard InChI is InChI=1S/C21H18FN3OS/c1-13-3-6-15(7-4-13)19-11-25-17(12-27-21(25)24-19)10-20(26)23-16-8-5-14(2)18(22)9-16/h3-9,11-12H,10H2,1-2H3,(H,23,26). The monoisotopic (exact) mass is 379 g/mol. The van der Waals surface area contributed by atoms with E-state index in [1.165, 1.54) is 23.0 Å². The van der Waals surface area contributed by atoms with Gasteiger partial charge in [0.25, 0.3) is 0 Å². The minimum atomic E-state index is -0.330. The lowest BCUT2D eigenvalue weighted by atomic mass is 10.1. The minimum absolute atomic E-state index is 0.191. The number of thiazole rings is 1. The molecule has 1 amide bonds. The van der Waals surface area contributed by atoms with Crippen LogP contribution >= 0.6 is 11.3 Å². The molecule has 0 radical (unpaired) electrons. The molecule has 2 heterocycles. The van der Waals surface area contributed by atoms with Gasteiger partial charge in [0, 0.05) is 28.5 Å². The van der Waals surface area contributed by atoms with Gasteiger partial charge in [0.1, 0.15) is 5.82 Å². The van der Waals surface area contributed by atoms with Crippen molar-refractivity contribution in [2.45, 2.75) is 20.3 Å². The molecule has 27 heavy (non-hydrogen) atoms. The maximum atomic E-state index is 13.6. The van der Waals surface area contributed by atoms with Gasteiger partial charge in [-0.15, -0.1) is 11.3 Å². The SMILES string of the molecule is Cc1ccc(-c2cn3c(CC(=O)Nc4ccc(C)c(F)c4)csc3n2)cc1. The van der Waals surface area contributed by atoms with Crippen LogP contribution in [0.15, 0.2) is 54.0 Å². The Balaban J connectivity index is 1.54. The van der Waals surface area contributed by atoms with Crippen LogP contribution in [0, 0.1) is 19.7 Å². The number of carbonyl (C=O) groups excluding carboxylic acids is 1. The number of rotatable bonds is 4. The van der Waals surface area contributed by atoms with Gasteiger partial charge in [-0.25, -0.2) is 9.37 Å². The number of nitrogens with one attached hydrogen (secondary N) is 1. The zero-order valence-electron chi connectivity index (χ0n) is 15.0. The highest BCUT2D eigenvalue weighted by Gasteiger charge is 2.13. The number of benzene rings is 2. The van der Waals surface area contributed by atoms with Crippen LogP contribution < -0.4 is 5.32 Å². The van der Waals surface area contributed by atoms with Crippen molar-refractivity contribution < 1.29 is 9.18 Å². The van der Waals surface area contributed by atoms with Crippen LogP contribution in [0.4, 0.5) is 10.1 Å². The summed E-state index contributed by atoms with van der Waals surface area (Å²) in [4.78, 5) is 17.9. The summed E-state index contributed by atoms with van der Waals surface area (Å²) in [6, 6.07) is 12.9. The zero-order chi connectivity index (χ0) is 19.0. The maximum Gasteiger partial charge on any atom is 0.230 e. The number of fused-ring (bicyclic) bond motifs is 1. The van der Waals surface area contributed by atoms with E-state index < -0.39 is 0 Å². The average molecular weight is 379 g/mol. The number of nitrogens with zero attached hydrogens (tertiary/aromatic N) is 2. The Morgan fingerprint density at radius 1 is 1.19 bits per heavy atom. The average Bonchev–Trinajstić information content (AvgIpc) is 3.21. The summed E-state index contributed by atoms with van der Waals surface area (Å²) in [7, 11) is 0. The van der Waals surface area contributed by atoms with Gasteiger partial charge in [-0.3, -0.25) is 9.20 Å². The van der Waals surface area contributed by atoms with Gasteiger partial charge in [0.05, 0.1) is 12.1 Å². The third-order valence-corrected chi connectivity index (χ3v) is 5.32. The molecule has 4 aromatic rings. The van der Waals surface area contributed by atoms with Gasteiger partial charge < -0.3 is 5.32 Å². The van der Waals surface area contributed by atoms with Crippen LogP contribution in [-0.2, 0) is 11.2 Å². The second-order valence-electron chi connectivity index (χ2n) is 6.56. The molecule has 0 fully saturated rings. The van der Waals surface area contributed by atoms with Crippen LogP contribution in [0.25, 0.3) is 16.2 Å². The van der Waals surface area contributed by atoms with Gasteiger partial charge in [0.15, 0.2) is 4.96 Å². The highest BCUT2D eigenvalue weighted by Crippen LogP contribution is 2.24. The lowest BCUT2D eigenvalue weighted by molar-refractivity contribution is -0.115. The summed E-state index contributed by atoms with van der Waals surface area (Å²) < 4.78 is 15.6. The maximum absolute atomic E-state index is 13.6. The molecule has 136 valence electrons. The van der Waals surface area contributed by atoms with E-state index in [9.17, 15) is 9.18 Å². The Bertz CT molecular complexity index is 1130. The van der Waals surface area contributed by atoms with Crippen molar-refractivity contribution in [2.75, 3.05) is 5.32 Å². The molecule has 0 aliphatic heterocycles. The molecular weight excluding hydrogens is 361 g/mol. The number of halogens is 1. The molecule has 0 bridgehead atoms. The van der Waals surface area contributed by atoms with Crippen LogP contribution in [0.2, 0.25) is 0 Å². The van der Waals surface area contributed by atoms with Crippen LogP contribution in [0.5, 0.6) is 0 Å². The third-order valence-electron chi connectivity index (χ3n) is 4.43. The molecule has 0 unspecified atom stereocenters. The lowest BCUT2D eigenvalue weighted by Crippen LogP contribution is -2.15. The molecule has 0 aliphatic carbocycles. The first-order valence-electron chi connectivity index (χ1n) is 8.58. The largest absolute Gasteiger partial charge is 0.326 e. The number of carbonyl (C=O) groups is 1. The van der Waals surface area contributed by atoms with E-state index in [0.29, 0.717) is 11.3 Å². The van der Waals surface area contributed by atoms with Crippen molar-refractivity contribution >= 4 is 27.9 Å². The molecular formula is C21H18FN3OS. The summed E-state index contributed by atoms with van der Waals surface area (Å²) in [6.45, 7) is 3.74. The van der Waals surface area contributed by atoms with Crippen molar-refractivity contribution in [3.63, 3.8) is 0 Å². The predicted octanol–water partition coefficient (Wildman–Crippen LogP) is 5.00. The molecule has 2 aromatic heterocycles. The fraction of sp³-hybridized carbons (Fsp3) is 0.143. The molecule has 0 spiro atoms. The van der Waals surface area contributed by atoms with Gasteiger partial charge in [-0.05, 0) is 31.5 Å². The van der Waals surface area contributed by atoms with Gasteiger partial charge in [0.2, 0.25) is 5.91 Å². The first-order valence-corrected chi connectivity index (χ1v) is 9.46. The van der Waals surface area contributed by atoms with E-state index in [4.69, 9.17) is 0 Å². The van der Waals surface area contributed by atoms with Crippen LogP contribution in [-0.4, -0.2) is 15.3 Å². The molecule has 6 heteroatoms. The quantitative estimate of drug-likeness (QED) is 0.542. The minimum Gasteiger partial charge on any atom is -0.326 e. The van der Waals surface area contributed by atoms with Crippen LogP contribution in [0.3, 0.4) is 0 Å². The fourth-order valence-corrected chi connectivity index (χ4v) is 3.73. The van der Waals surface area contributed by atoms with E-state index in [1.54, 1.807) is 19.1 Å². The Morgan fingerprint density at radius 3 is 2.70 bits per heavy atom. The van der Waals surface area contributed by atoms with E-state index in [2.05, 4.69) is 22.4 Å². The van der Waals surface area contributed by atoms with E-state index in [0.717, 1.165) is 21.9 Å². The second kappa shape index (κ2) is 6.96. The predicted molar refractivity (Wildman–Crippen MR) is 107 cm³/mol.